The predicted molar refractivity (Wildman–Crippen MR) is 78.8 cm³/mol. The summed E-state index contributed by atoms with van der Waals surface area (Å²) < 4.78 is 32.3. The van der Waals surface area contributed by atoms with Gasteiger partial charge in [0.2, 0.25) is 15.9 Å². The Labute approximate surface area is 127 Å². The number of aromatic nitrogens is 1. The second-order valence-electron chi connectivity index (χ2n) is 5.17. The van der Waals surface area contributed by atoms with E-state index in [1.807, 2.05) is 0 Å². The Morgan fingerprint density at radius 3 is 2.82 bits per heavy atom. The first-order chi connectivity index (χ1) is 10.4. The van der Waals surface area contributed by atoms with Crippen LogP contribution >= 0.6 is 0 Å². The number of sulfonamides is 1. The highest BCUT2D eigenvalue weighted by atomic mass is 32.2. The molecule has 8 heteroatoms. The number of carbonyl (C=O) groups excluding carboxylic acids is 1. The predicted octanol–water partition coefficient (Wildman–Crippen LogP) is 1.26. The number of fused-ring (bicyclic) bond motifs is 1. The van der Waals surface area contributed by atoms with Crippen LogP contribution in [0.4, 0.5) is 5.69 Å². The Hall–Kier alpha value is -2.19. The number of benzene rings is 1. The van der Waals surface area contributed by atoms with E-state index in [9.17, 15) is 13.2 Å². The van der Waals surface area contributed by atoms with Crippen molar-refractivity contribution in [1.82, 2.24) is 9.88 Å². The van der Waals surface area contributed by atoms with Gasteiger partial charge in [-0.2, -0.15) is 0 Å². The highest BCUT2D eigenvalue weighted by Gasteiger charge is 2.22. The third kappa shape index (κ3) is 2.62. The smallest absolute Gasteiger partial charge is 0.240 e. The van der Waals surface area contributed by atoms with Crippen molar-refractivity contribution in [2.24, 2.45) is 0 Å². The van der Waals surface area contributed by atoms with Crippen molar-refractivity contribution in [3.8, 4) is 0 Å². The highest BCUT2D eigenvalue weighted by molar-refractivity contribution is 7.89. The molecule has 3 rings (SSSR count). The molecular weight excluding hydrogens is 306 g/mol. The maximum Gasteiger partial charge on any atom is 0.240 e. The van der Waals surface area contributed by atoms with Crippen LogP contribution in [0.25, 0.3) is 0 Å². The summed E-state index contributed by atoms with van der Waals surface area (Å²) >= 11 is 0. The van der Waals surface area contributed by atoms with Gasteiger partial charge in [0.1, 0.15) is 5.76 Å². The number of nitrogens with zero attached hydrogens (tertiary/aromatic N) is 1. The van der Waals surface area contributed by atoms with Crippen LogP contribution in [0.15, 0.2) is 27.6 Å². The van der Waals surface area contributed by atoms with Crippen LogP contribution in [-0.2, 0) is 27.8 Å². The van der Waals surface area contributed by atoms with Gasteiger partial charge in [0.15, 0.2) is 0 Å². The van der Waals surface area contributed by atoms with Crippen LogP contribution in [0.2, 0.25) is 0 Å². The maximum absolute atomic E-state index is 12.4. The van der Waals surface area contributed by atoms with Crippen LogP contribution in [0.3, 0.4) is 0 Å². The highest BCUT2D eigenvalue weighted by Crippen LogP contribution is 2.25. The van der Waals surface area contributed by atoms with E-state index in [1.54, 1.807) is 19.9 Å². The van der Waals surface area contributed by atoms with Gasteiger partial charge in [0.25, 0.3) is 0 Å². The van der Waals surface area contributed by atoms with Crippen molar-refractivity contribution in [3.05, 3.63) is 40.8 Å². The quantitative estimate of drug-likeness (QED) is 0.883. The number of carbonyl (C=O) groups is 1. The van der Waals surface area contributed by atoms with Crippen molar-refractivity contribution in [2.45, 2.75) is 31.7 Å². The fraction of sp³-hybridized carbons (Fsp3) is 0.286. The first kappa shape index (κ1) is 14.7. The number of hydrogen-bond donors (Lipinski definition) is 2. The lowest BCUT2D eigenvalue weighted by Gasteiger charge is -2.08. The minimum atomic E-state index is -3.67. The lowest BCUT2D eigenvalue weighted by molar-refractivity contribution is -0.115. The molecule has 0 spiro atoms. The SMILES string of the molecule is Cc1noc(C)c1CNS(=O)(=O)c1ccc2c(c1)CC(=O)N2. The number of anilines is 1. The molecule has 0 bridgehead atoms. The first-order valence-electron chi connectivity index (χ1n) is 6.71. The number of amides is 1. The van der Waals surface area contributed by atoms with E-state index in [0.29, 0.717) is 22.7 Å². The number of aryl methyl sites for hydroxylation is 2. The largest absolute Gasteiger partial charge is 0.361 e. The molecule has 1 aliphatic heterocycles. The molecule has 0 saturated carbocycles. The summed E-state index contributed by atoms with van der Waals surface area (Å²) in [6, 6.07) is 4.59. The van der Waals surface area contributed by atoms with Gasteiger partial charge in [-0.05, 0) is 37.6 Å². The second kappa shape index (κ2) is 5.22. The fourth-order valence-corrected chi connectivity index (χ4v) is 3.42. The summed E-state index contributed by atoms with van der Waals surface area (Å²) in [4.78, 5) is 11.5. The molecule has 0 unspecified atom stereocenters. The van der Waals surface area contributed by atoms with Crippen LogP contribution in [0, 0.1) is 13.8 Å². The van der Waals surface area contributed by atoms with E-state index >= 15 is 0 Å². The Morgan fingerprint density at radius 2 is 2.14 bits per heavy atom. The molecule has 2 heterocycles. The van der Waals surface area contributed by atoms with E-state index in [-0.39, 0.29) is 23.8 Å². The van der Waals surface area contributed by atoms with Gasteiger partial charge in [-0.25, -0.2) is 13.1 Å². The maximum atomic E-state index is 12.4. The molecule has 0 saturated heterocycles. The Kier molecular flexibility index (Phi) is 3.50. The van der Waals surface area contributed by atoms with Gasteiger partial charge in [-0.3, -0.25) is 4.79 Å². The molecule has 1 aromatic carbocycles. The van der Waals surface area contributed by atoms with E-state index < -0.39 is 10.0 Å². The average Bonchev–Trinajstić information content (AvgIpc) is 2.98. The summed E-state index contributed by atoms with van der Waals surface area (Å²) in [7, 11) is -3.67. The summed E-state index contributed by atoms with van der Waals surface area (Å²) in [6.45, 7) is 3.60. The van der Waals surface area contributed by atoms with Gasteiger partial charge in [0, 0.05) is 17.8 Å². The Bertz CT molecular complexity index is 835. The molecule has 2 aromatic rings. The van der Waals surface area contributed by atoms with Gasteiger partial charge in [-0.1, -0.05) is 5.16 Å². The van der Waals surface area contributed by atoms with Crippen LogP contribution in [-0.4, -0.2) is 19.5 Å². The van der Waals surface area contributed by atoms with Crippen molar-refractivity contribution in [1.29, 1.82) is 0 Å². The normalized spacial score (nSPS) is 14.0. The first-order valence-corrected chi connectivity index (χ1v) is 8.19. The zero-order chi connectivity index (χ0) is 15.9. The van der Waals surface area contributed by atoms with E-state index in [0.717, 1.165) is 5.56 Å². The zero-order valence-corrected chi connectivity index (χ0v) is 13.0. The molecule has 1 aromatic heterocycles. The molecule has 116 valence electrons. The van der Waals surface area contributed by atoms with Gasteiger partial charge < -0.3 is 9.84 Å². The molecule has 2 N–H and O–H groups in total. The Balaban J connectivity index is 1.82. The molecule has 0 fully saturated rings. The lowest BCUT2D eigenvalue weighted by Crippen LogP contribution is -2.23. The van der Waals surface area contributed by atoms with Gasteiger partial charge in [0.05, 0.1) is 17.0 Å². The standard InChI is InChI=1S/C14H15N3O4S/c1-8-12(9(2)21-17-8)7-15-22(19,20)11-3-4-13-10(5-11)6-14(18)16-13/h3-5,15H,6-7H2,1-2H3,(H,16,18). The number of nitrogens with one attached hydrogen (secondary N) is 2. The van der Waals surface area contributed by atoms with Crippen molar-refractivity contribution in [2.75, 3.05) is 5.32 Å². The average molecular weight is 321 g/mol. The molecule has 0 radical (unpaired) electrons. The summed E-state index contributed by atoms with van der Waals surface area (Å²) in [5, 5.41) is 6.46. The molecule has 1 amide bonds. The fourth-order valence-electron chi connectivity index (χ4n) is 2.38. The molecule has 1 aliphatic rings. The molecule has 0 aliphatic carbocycles. The van der Waals surface area contributed by atoms with Crippen molar-refractivity contribution >= 4 is 21.6 Å². The molecular formula is C14H15N3O4S. The molecule has 0 atom stereocenters. The number of rotatable bonds is 4. The lowest BCUT2D eigenvalue weighted by atomic mass is 10.2. The van der Waals surface area contributed by atoms with Crippen molar-refractivity contribution in [3.63, 3.8) is 0 Å². The van der Waals surface area contributed by atoms with Crippen molar-refractivity contribution < 1.29 is 17.7 Å². The third-order valence-corrected chi connectivity index (χ3v) is 5.03. The summed E-state index contributed by atoms with van der Waals surface area (Å²) in [5.41, 5.74) is 2.73. The van der Waals surface area contributed by atoms with Crippen LogP contribution < -0.4 is 10.0 Å². The van der Waals surface area contributed by atoms with Gasteiger partial charge in [-0.15, -0.1) is 0 Å². The molecule has 7 nitrogen and oxygen atoms in total. The topological polar surface area (TPSA) is 101 Å². The monoisotopic (exact) mass is 321 g/mol. The minimum Gasteiger partial charge on any atom is -0.361 e. The Morgan fingerprint density at radius 1 is 1.36 bits per heavy atom. The minimum absolute atomic E-state index is 0.109. The van der Waals surface area contributed by atoms with E-state index in [2.05, 4.69) is 15.2 Å². The van der Waals surface area contributed by atoms with Crippen LogP contribution in [0.5, 0.6) is 0 Å². The molecule has 22 heavy (non-hydrogen) atoms. The zero-order valence-electron chi connectivity index (χ0n) is 12.1. The second-order valence-corrected chi connectivity index (χ2v) is 6.94. The van der Waals surface area contributed by atoms with Gasteiger partial charge >= 0.3 is 0 Å². The van der Waals surface area contributed by atoms with E-state index in [1.165, 1.54) is 12.1 Å². The van der Waals surface area contributed by atoms with E-state index in [4.69, 9.17) is 4.52 Å². The van der Waals surface area contributed by atoms with Crippen LogP contribution in [0.1, 0.15) is 22.6 Å². The summed E-state index contributed by atoms with van der Waals surface area (Å²) in [6.07, 6.45) is 0.197. The number of hydrogen-bond acceptors (Lipinski definition) is 5. The third-order valence-electron chi connectivity index (χ3n) is 3.63. The summed E-state index contributed by atoms with van der Waals surface area (Å²) in [5.74, 6) is 0.456.